The minimum atomic E-state index is -0.804. The highest BCUT2D eigenvalue weighted by Gasteiger charge is 2.30. The number of ether oxygens (including phenoxy) is 1. The number of nitrogens with zero attached hydrogens (tertiary/aromatic N) is 3. The lowest BCUT2D eigenvalue weighted by molar-refractivity contribution is -0.137. The van der Waals surface area contributed by atoms with Gasteiger partial charge in [0.1, 0.15) is 17.3 Å². The van der Waals surface area contributed by atoms with E-state index in [2.05, 4.69) is 37.6 Å². The molecule has 0 saturated heterocycles. The molecule has 0 aliphatic carbocycles. The quantitative estimate of drug-likeness (QED) is 0.239. The van der Waals surface area contributed by atoms with E-state index in [-0.39, 0.29) is 47.0 Å². The molecule has 0 unspecified atom stereocenters. The fourth-order valence-electron chi connectivity index (χ4n) is 4.53. The number of aromatic nitrogens is 1. The standard InChI is InChI=1S/C29H40N4O4.BrH/c1-7-13-32(6)23-16-21(15-22(29(3,4)5)27(23)37-14-9-8-10-25(35)36)24(34)18-33-17-20-12-11-19(2)31-26(20)28(33)30;/h11-12,15-16,30H,7-10,13-14,17-18H2,1-6H3,(H,35,36);1H. The van der Waals surface area contributed by atoms with Crippen LogP contribution in [0.5, 0.6) is 5.75 Å². The second kappa shape index (κ2) is 13.2. The molecule has 0 amide bonds. The lowest BCUT2D eigenvalue weighted by Crippen LogP contribution is -2.31. The fraction of sp³-hybridized carbons (Fsp3) is 0.517. The Morgan fingerprint density at radius 3 is 2.55 bits per heavy atom. The van der Waals surface area contributed by atoms with Crippen LogP contribution in [0.3, 0.4) is 0 Å². The summed E-state index contributed by atoms with van der Waals surface area (Å²) in [6.07, 6.45) is 2.25. The maximum Gasteiger partial charge on any atom is 0.303 e. The summed E-state index contributed by atoms with van der Waals surface area (Å²) in [7, 11) is 2.00. The molecule has 208 valence electrons. The van der Waals surface area contributed by atoms with Crippen LogP contribution in [0, 0.1) is 12.3 Å². The number of unbranched alkanes of at least 4 members (excludes halogenated alkanes) is 1. The van der Waals surface area contributed by atoms with Gasteiger partial charge in [0.05, 0.1) is 18.8 Å². The number of carboxylic acids is 1. The number of anilines is 1. The van der Waals surface area contributed by atoms with E-state index >= 15 is 0 Å². The van der Waals surface area contributed by atoms with Crippen molar-refractivity contribution in [2.24, 2.45) is 0 Å². The highest BCUT2D eigenvalue weighted by Crippen LogP contribution is 2.40. The van der Waals surface area contributed by atoms with Gasteiger partial charge < -0.3 is 19.6 Å². The fourth-order valence-corrected chi connectivity index (χ4v) is 4.53. The Hall–Kier alpha value is -2.94. The molecule has 2 heterocycles. The smallest absolute Gasteiger partial charge is 0.303 e. The van der Waals surface area contributed by atoms with Crippen molar-refractivity contribution < 1.29 is 19.4 Å². The van der Waals surface area contributed by atoms with E-state index in [4.69, 9.17) is 15.3 Å². The molecule has 1 aromatic carbocycles. The van der Waals surface area contributed by atoms with Crippen molar-refractivity contribution in [3.8, 4) is 5.75 Å². The zero-order valence-corrected chi connectivity index (χ0v) is 25.1. The number of carboxylic acid groups (broad SMARTS) is 1. The Bertz CT molecular complexity index is 1180. The molecule has 0 radical (unpaired) electrons. The van der Waals surface area contributed by atoms with E-state index in [9.17, 15) is 9.59 Å². The molecule has 0 fully saturated rings. The number of benzene rings is 1. The van der Waals surface area contributed by atoms with Gasteiger partial charge in [-0.05, 0) is 49.8 Å². The van der Waals surface area contributed by atoms with E-state index in [0.717, 1.165) is 41.2 Å². The molecule has 1 aromatic heterocycles. The van der Waals surface area contributed by atoms with Crippen molar-refractivity contribution in [3.63, 3.8) is 0 Å². The van der Waals surface area contributed by atoms with Gasteiger partial charge in [0.15, 0.2) is 5.78 Å². The van der Waals surface area contributed by atoms with Crippen molar-refractivity contribution in [1.82, 2.24) is 9.88 Å². The Morgan fingerprint density at radius 1 is 1.21 bits per heavy atom. The molecule has 0 saturated carbocycles. The van der Waals surface area contributed by atoms with Crippen LogP contribution < -0.4 is 9.64 Å². The summed E-state index contributed by atoms with van der Waals surface area (Å²) < 4.78 is 6.28. The summed E-state index contributed by atoms with van der Waals surface area (Å²) in [6, 6.07) is 7.74. The summed E-state index contributed by atoms with van der Waals surface area (Å²) in [4.78, 5) is 32.8. The van der Waals surface area contributed by atoms with E-state index in [1.54, 1.807) is 4.90 Å². The molecular weight excluding hydrogens is 548 g/mol. The van der Waals surface area contributed by atoms with Gasteiger partial charge in [0.2, 0.25) is 0 Å². The first-order valence-corrected chi connectivity index (χ1v) is 13.0. The number of aliphatic carboxylic acids is 1. The highest BCUT2D eigenvalue weighted by atomic mass is 79.9. The number of carbonyl (C=O) groups excluding carboxylic acids is 1. The van der Waals surface area contributed by atoms with Crippen LogP contribution in [0.2, 0.25) is 0 Å². The van der Waals surface area contributed by atoms with Crippen LogP contribution in [0.4, 0.5) is 5.69 Å². The number of fused-ring (bicyclic) bond motifs is 1. The third-order valence-corrected chi connectivity index (χ3v) is 6.56. The van der Waals surface area contributed by atoms with Gasteiger partial charge >= 0.3 is 5.97 Å². The highest BCUT2D eigenvalue weighted by molar-refractivity contribution is 8.93. The number of hydrogen-bond acceptors (Lipinski definition) is 6. The van der Waals surface area contributed by atoms with Crippen molar-refractivity contribution in [3.05, 3.63) is 52.3 Å². The topological polar surface area (TPSA) is 107 Å². The van der Waals surface area contributed by atoms with Gasteiger partial charge in [-0.2, -0.15) is 0 Å². The predicted molar refractivity (Wildman–Crippen MR) is 157 cm³/mol. The molecule has 2 N–H and O–H groups in total. The van der Waals surface area contributed by atoms with E-state index in [0.29, 0.717) is 37.3 Å². The Balaban J connectivity index is 0.00000507. The van der Waals surface area contributed by atoms with Crippen molar-refractivity contribution in [2.75, 3.05) is 31.6 Å². The van der Waals surface area contributed by atoms with Gasteiger partial charge in [0, 0.05) is 48.9 Å². The van der Waals surface area contributed by atoms with Gasteiger partial charge in [-0.15, -0.1) is 17.0 Å². The van der Waals surface area contributed by atoms with Crippen LogP contribution >= 0.6 is 17.0 Å². The van der Waals surface area contributed by atoms with Crippen LogP contribution in [-0.4, -0.2) is 59.3 Å². The maximum absolute atomic E-state index is 13.6. The number of nitrogens with one attached hydrogen (secondary N) is 1. The molecular formula is C29H41BrN4O4. The number of aryl methyl sites for hydroxylation is 1. The number of carbonyl (C=O) groups is 2. The zero-order valence-electron chi connectivity index (χ0n) is 23.4. The first-order chi connectivity index (χ1) is 17.4. The molecule has 1 aliphatic heterocycles. The molecule has 8 nitrogen and oxygen atoms in total. The number of hydrogen-bond donors (Lipinski definition) is 2. The number of ketones is 1. The third kappa shape index (κ3) is 7.56. The summed E-state index contributed by atoms with van der Waals surface area (Å²) in [6.45, 7) is 12.1. The monoisotopic (exact) mass is 588 g/mol. The first-order valence-electron chi connectivity index (χ1n) is 13.0. The average Bonchev–Trinajstić information content (AvgIpc) is 3.12. The Kier molecular flexibility index (Phi) is 10.9. The normalized spacial score (nSPS) is 12.7. The Labute approximate surface area is 236 Å². The van der Waals surface area contributed by atoms with E-state index in [1.165, 1.54) is 0 Å². The van der Waals surface area contributed by atoms with Gasteiger partial charge in [-0.25, -0.2) is 4.98 Å². The minimum absolute atomic E-state index is 0. The van der Waals surface area contributed by atoms with Gasteiger partial charge in [-0.3, -0.25) is 15.0 Å². The number of halogens is 1. The van der Waals surface area contributed by atoms with Crippen LogP contribution in [-0.2, 0) is 16.8 Å². The molecule has 0 atom stereocenters. The summed E-state index contributed by atoms with van der Waals surface area (Å²) in [5.41, 5.74) is 4.57. The molecule has 9 heteroatoms. The zero-order chi connectivity index (χ0) is 27.3. The number of rotatable bonds is 12. The SMILES string of the molecule is Br.CCCN(C)c1cc(C(=O)CN2Cc3ccc(C)nc3C2=N)cc(C(C)(C)C)c1OCCCCC(=O)O. The number of amidine groups is 1. The van der Waals surface area contributed by atoms with E-state index < -0.39 is 5.97 Å². The molecule has 2 aromatic rings. The molecule has 3 rings (SSSR count). The molecule has 1 aliphatic rings. The summed E-state index contributed by atoms with van der Waals surface area (Å²) >= 11 is 0. The van der Waals surface area contributed by atoms with Crippen molar-refractivity contribution in [1.29, 1.82) is 5.41 Å². The Morgan fingerprint density at radius 2 is 1.92 bits per heavy atom. The minimum Gasteiger partial charge on any atom is -0.491 e. The van der Waals surface area contributed by atoms with Crippen LogP contribution in [0.1, 0.15) is 86.3 Å². The average molecular weight is 590 g/mol. The van der Waals surface area contributed by atoms with Crippen molar-refractivity contribution in [2.45, 2.75) is 72.3 Å². The van der Waals surface area contributed by atoms with Gasteiger partial charge in [0.25, 0.3) is 0 Å². The summed E-state index contributed by atoms with van der Waals surface area (Å²) in [5.74, 6) is 0.171. The molecule has 0 bridgehead atoms. The summed E-state index contributed by atoms with van der Waals surface area (Å²) in [5, 5.41) is 17.5. The predicted octanol–water partition coefficient (Wildman–Crippen LogP) is 5.77. The molecule has 0 spiro atoms. The van der Waals surface area contributed by atoms with E-state index in [1.807, 2.05) is 38.2 Å². The maximum atomic E-state index is 13.6. The lowest BCUT2D eigenvalue weighted by Gasteiger charge is -2.30. The van der Waals surface area contributed by atoms with Crippen LogP contribution in [0.25, 0.3) is 0 Å². The van der Waals surface area contributed by atoms with Gasteiger partial charge in [-0.1, -0.05) is 33.8 Å². The van der Waals surface area contributed by atoms with Crippen molar-refractivity contribution >= 4 is 40.3 Å². The number of Topliss-reactive ketones (excluding diaryl/α,β-unsaturated/α-hetero) is 1. The second-order valence-electron chi connectivity index (χ2n) is 10.8. The second-order valence-corrected chi connectivity index (χ2v) is 10.8. The van der Waals surface area contributed by atoms with Crippen LogP contribution in [0.15, 0.2) is 24.3 Å². The first kappa shape index (κ1) is 31.3. The largest absolute Gasteiger partial charge is 0.491 e. The third-order valence-electron chi connectivity index (χ3n) is 6.56. The molecule has 38 heavy (non-hydrogen) atoms. The lowest BCUT2D eigenvalue weighted by atomic mass is 9.84. The number of pyridine rings is 1.